The lowest BCUT2D eigenvalue weighted by Gasteiger charge is -2.14. The van der Waals surface area contributed by atoms with Crippen molar-refractivity contribution in [3.8, 4) is 0 Å². The van der Waals surface area contributed by atoms with Gasteiger partial charge < -0.3 is 10.5 Å². The van der Waals surface area contributed by atoms with Gasteiger partial charge in [-0.1, -0.05) is 30.7 Å². The van der Waals surface area contributed by atoms with E-state index in [1.165, 1.54) is 0 Å². The summed E-state index contributed by atoms with van der Waals surface area (Å²) >= 11 is 5.76. The Balaban J connectivity index is 2.49. The van der Waals surface area contributed by atoms with Crippen molar-refractivity contribution in [2.75, 3.05) is 0 Å². The maximum Gasteiger partial charge on any atom is 0.120 e. The first kappa shape index (κ1) is 12.0. The van der Waals surface area contributed by atoms with Crippen LogP contribution in [0.4, 0.5) is 0 Å². The predicted octanol–water partition coefficient (Wildman–Crippen LogP) is 2.57. The molecule has 0 heterocycles. The van der Waals surface area contributed by atoms with E-state index in [4.69, 9.17) is 27.5 Å². The Labute approximate surface area is 94.7 Å². The van der Waals surface area contributed by atoms with Gasteiger partial charge in [0.05, 0.1) is 6.61 Å². The average molecular weight is 227 g/mol. The van der Waals surface area contributed by atoms with E-state index >= 15 is 0 Å². The maximum atomic E-state index is 7.28. The summed E-state index contributed by atoms with van der Waals surface area (Å²) in [5.74, 6) is 0.0754. The monoisotopic (exact) mass is 226 g/mol. The van der Waals surface area contributed by atoms with Gasteiger partial charge in [-0.3, -0.25) is 5.41 Å². The lowest BCUT2D eigenvalue weighted by molar-refractivity contribution is 0.0808. The molecule has 1 unspecified atom stereocenters. The molecular weight excluding hydrogens is 212 g/mol. The van der Waals surface area contributed by atoms with Crippen molar-refractivity contribution in [2.45, 2.75) is 26.1 Å². The topological polar surface area (TPSA) is 59.1 Å². The molecule has 82 valence electrons. The van der Waals surface area contributed by atoms with Crippen LogP contribution in [0.2, 0.25) is 5.02 Å². The van der Waals surface area contributed by atoms with Crippen molar-refractivity contribution in [2.24, 2.45) is 5.73 Å². The van der Waals surface area contributed by atoms with Gasteiger partial charge in [0, 0.05) is 5.02 Å². The molecule has 0 fully saturated rings. The third-order valence-corrected chi connectivity index (χ3v) is 2.33. The average Bonchev–Trinajstić information content (AvgIpc) is 2.21. The molecule has 0 aromatic heterocycles. The fourth-order valence-electron chi connectivity index (χ4n) is 1.20. The van der Waals surface area contributed by atoms with Gasteiger partial charge in [-0.05, 0) is 24.1 Å². The van der Waals surface area contributed by atoms with Crippen LogP contribution in [0.5, 0.6) is 0 Å². The third kappa shape index (κ3) is 3.90. The molecule has 0 amide bonds. The summed E-state index contributed by atoms with van der Waals surface area (Å²) in [5, 5.41) is 7.99. The molecule has 1 aromatic rings. The number of hydrogen-bond donors (Lipinski definition) is 2. The van der Waals surface area contributed by atoms with Crippen LogP contribution in [-0.4, -0.2) is 11.9 Å². The summed E-state index contributed by atoms with van der Waals surface area (Å²) in [6, 6.07) is 7.42. The fraction of sp³-hybridized carbons (Fsp3) is 0.364. The number of halogens is 1. The minimum Gasteiger partial charge on any atom is -0.385 e. The molecule has 0 aliphatic rings. The molecule has 0 spiro atoms. The molecule has 15 heavy (non-hydrogen) atoms. The summed E-state index contributed by atoms with van der Waals surface area (Å²) in [6.45, 7) is 2.39. The van der Waals surface area contributed by atoms with Crippen LogP contribution < -0.4 is 5.73 Å². The first-order valence-corrected chi connectivity index (χ1v) is 5.21. The Bertz CT molecular complexity index is 324. The molecule has 0 radical (unpaired) electrons. The first-order valence-electron chi connectivity index (χ1n) is 4.83. The van der Waals surface area contributed by atoms with E-state index in [9.17, 15) is 0 Å². The van der Waals surface area contributed by atoms with Crippen LogP contribution in [-0.2, 0) is 11.3 Å². The smallest absolute Gasteiger partial charge is 0.120 e. The molecule has 1 aromatic carbocycles. The molecule has 1 rings (SSSR count). The standard InChI is InChI=1S/C11H15ClN2O/c1-2-10(11(13)14)15-7-8-3-5-9(12)6-4-8/h3-6,10H,2,7H2,1H3,(H3,13,14). The Kier molecular flexibility index (Phi) is 4.59. The number of benzene rings is 1. The van der Waals surface area contributed by atoms with Gasteiger partial charge in [-0.15, -0.1) is 0 Å². The van der Waals surface area contributed by atoms with Gasteiger partial charge in [0.25, 0.3) is 0 Å². The lowest BCUT2D eigenvalue weighted by Crippen LogP contribution is -2.29. The second kappa shape index (κ2) is 5.73. The molecule has 0 saturated heterocycles. The fourth-order valence-corrected chi connectivity index (χ4v) is 1.33. The van der Waals surface area contributed by atoms with Crippen LogP contribution in [0, 0.1) is 5.41 Å². The highest BCUT2D eigenvalue weighted by atomic mass is 35.5. The number of rotatable bonds is 5. The number of nitrogens with one attached hydrogen (secondary N) is 1. The van der Waals surface area contributed by atoms with Crippen LogP contribution in [0.3, 0.4) is 0 Å². The summed E-state index contributed by atoms with van der Waals surface area (Å²) in [5.41, 5.74) is 6.40. The van der Waals surface area contributed by atoms with E-state index < -0.39 is 0 Å². The highest BCUT2D eigenvalue weighted by Gasteiger charge is 2.09. The molecular formula is C11H15ClN2O. The lowest BCUT2D eigenvalue weighted by atomic mass is 10.2. The zero-order valence-electron chi connectivity index (χ0n) is 8.66. The van der Waals surface area contributed by atoms with Gasteiger partial charge in [0.2, 0.25) is 0 Å². The van der Waals surface area contributed by atoms with E-state index in [1.54, 1.807) is 0 Å². The largest absolute Gasteiger partial charge is 0.385 e. The van der Waals surface area contributed by atoms with Crippen LogP contribution in [0.1, 0.15) is 18.9 Å². The molecule has 0 bridgehead atoms. The van der Waals surface area contributed by atoms with Crippen molar-refractivity contribution in [1.82, 2.24) is 0 Å². The highest BCUT2D eigenvalue weighted by Crippen LogP contribution is 2.11. The molecule has 0 saturated carbocycles. The van der Waals surface area contributed by atoms with Crippen LogP contribution in [0.25, 0.3) is 0 Å². The normalized spacial score (nSPS) is 12.4. The number of amidine groups is 1. The molecule has 3 N–H and O–H groups in total. The molecule has 0 aliphatic heterocycles. The van der Waals surface area contributed by atoms with Gasteiger partial charge in [-0.25, -0.2) is 0 Å². The quantitative estimate of drug-likeness (QED) is 0.599. The zero-order valence-corrected chi connectivity index (χ0v) is 9.42. The predicted molar refractivity (Wildman–Crippen MR) is 62.2 cm³/mol. The van der Waals surface area contributed by atoms with E-state index in [-0.39, 0.29) is 11.9 Å². The minimum absolute atomic E-state index is 0.0754. The van der Waals surface area contributed by atoms with Gasteiger partial charge >= 0.3 is 0 Å². The Morgan fingerprint density at radius 2 is 2.07 bits per heavy atom. The Hall–Kier alpha value is -1.06. The van der Waals surface area contributed by atoms with Crippen molar-refractivity contribution in [3.05, 3.63) is 34.9 Å². The first-order chi connectivity index (χ1) is 7.13. The summed E-state index contributed by atoms with van der Waals surface area (Å²) in [4.78, 5) is 0. The summed E-state index contributed by atoms with van der Waals surface area (Å²) in [7, 11) is 0. The van der Waals surface area contributed by atoms with E-state index in [1.807, 2.05) is 31.2 Å². The number of hydrogen-bond acceptors (Lipinski definition) is 2. The molecule has 4 heteroatoms. The summed E-state index contributed by atoms with van der Waals surface area (Å²) in [6.07, 6.45) is 0.420. The van der Waals surface area contributed by atoms with Crippen molar-refractivity contribution >= 4 is 17.4 Å². The number of ether oxygens (including phenoxy) is 1. The molecule has 3 nitrogen and oxygen atoms in total. The van der Waals surface area contributed by atoms with Crippen LogP contribution in [0.15, 0.2) is 24.3 Å². The summed E-state index contributed by atoms with van der Waals surface area (Å²) < 4.78 is 5.49. The van der Waals surface area contributed by atoms with E-state index in [2.05, 4.69) is 0 Å². The second-order valence-corrected chi connectivity index (χ2v) is 3.73. The second-order valence-electron chi connectivity index (χ2n) is 3.29. The van der Waals surface area contributed by atoms with Crippen LogP contribution >= 0.6 is 11.6 Å². The van der Waals surface area contributed by atoms with Crippen molar-refractivity contribution < 1.29 is 4.74 Å². The third-order valence-electron chi connectivity index (χ3n) is 2.08. The molecule has 1 atom stereocenters. The number of nitrogens with two attached hydrogens (primary N) is 1. The van der Waals surface area contributed by atoms with Crippen molar-refractivity contribution in [1.29, 1.82) is 5.41 Å². The SMILES string of the molecule is CCC(OCc1ccc(Cl)cc1)C(=N)N. The van der Waals surface area contributed by atoms with E-state index in [0.29, 0.717) is 18.1 Å². The maximum absolute atomic E-state index is 7.28. The highest BCUT2D eigenvalue weighted by molar-refractivity contribution is 6.30. The molecule has 0 aliphatic carbocycles. The Morgan fingerprint density at radius 3 is 2.53 bits per heavy atom. The van der Waals surface area contributed by atoms with E-state index in [0.717, 1.165) is 5.56 Å². The van der Waals surface area contributed by atoms with Gasteiger partial charge in [0.15, 0.2) is 0 Å². The zero-order chi connectivity index (χ0) is 11.3. The van der Waals surface area contributed by atoms with Crippen molar-refractivity contribution in [3.63, 3.8) is 0 Å². The minimum atomic E-state index is -0.291. The van der Waals surface area contributed by atoms with Gasteiger partial charge in [-0.2, -0.15) is 0 Å². The van der Waals surface area contributed by atoms with Gasteiger partial charge in [0.1, 0.15) is 11.9 Å². The Morgan fingerprint density at radius 1 is 1.47 bits per heavy atom.